The summed E-state index contributed by atoms with van der Waals surface area (Å²) in [4.78, 5) is 19.5. The molecule has 0 fully saturated rings. The van der Waals surface area contributed by atoms with Crippen LogP contribution in [0.15, 0.2) is 14.5 Å². The van der Waals surface area contributed by atoms with Gasteiger partial charge in [-0.05, 0) is 19.0 Å². The van der Waals surface area contributed by atoms with Crippen LogP contribution in [-0.2, 0) is 34.4 Å². The number of likely N-dealkylation sites (N-methyl/N-ethyl adjacent to an activating group) is 1. The molecule has 17 heteroatoms. The van der Waals surface area contributed by atoms with Crippen LogP contribution in [0.5, 0.6) is 0 Å². The second kappa shape index (κ2) is 12.1. The largest absolute Gasteiger partial charge is 0.479 e. The first-order valence-corrected chi connectivity index (χ1v) is 13.2. The van der Waals surface area contributed by atoms with Gasteiger partial charge in [-0.3, -0.25) is 0 Å². The number of sulfonamides is 2. The predicted molar refractivity (Wildman–Crippen MR) is 115 cm³/mol. The molecule has 0 aliphatic carbocycles. The standard InChI is InChI=1S/C12H21N3O5S3.C4H6O6/c1-3-14-10-8-15(5-4-6-20-2)23(18,19)12-9(10)7-11(21-12)22(13,16)17;5-1(3(7)8)2(6)4(9)10/h7,10,14H,3-6,8H2,1-2H3,(H2,13,16,17);1-2,5-6H,(H,7,8)(H,9,10)/t10-;/m0./s1. The van der Waals surface area contributed by atoms with E-state index in [2.05, 4.69) is 5.32 Å². The molecule has 2 heterocycles. The number of aliphatic carboxylic acids is 2. The molecule has 0 aromatic carbocycles. The molecule has 2 rings (SSSR count). The number of carboxylic acids is 2. The highest BCUT2D eigenvalue weighted by Crippen LogP contribution is 2.39. The smallest absolute Gasteiger partial charge is 0.335 e. The number of aliphatic hydroxyl groups is 2. The quantitative estimate of drug-likeness (QED) is 0.179. The first-order valence-electron chi connectivity index (χ1n) is 9.39. The molecular formula is C16H27N3O11S3. The molecule has 0 radical (unpaired) electrons. The Labute approximate surface area is 194 Å². The van der Waals surface area contributed by atoms with E-state index in [4.69, 9.17) is 30.3 Å². The van der Waals surface area contributed by atoms with E-state index < -0.39 is 44.2 Å². The second-order valence-electron chi connectivity index (χ2n) is 6.74. The number of ether oxygens (including phenoxy) is 1. The fourth-order valence-corrected chi connectivity index (χ4v) is 7.06. The lowest BCUT2D eigenvalue weighted by molar-refractivity contribution is -0.165. The van der Waals surface area contributed by atoms with E-state index in [1.54, 1.807) is 7.11 Å². The molecular weight excluding hydrogens is 506 g/mol. The van der Waals surface area contributed by atoms with Gasteiger partial charge < -0.3 is 30.5 Å². The van der Waals surface area contributed by atoms with Crippen LogP contribution in [0, 0.1) is 0 Å². The van der Waals surface area contributed by atoms with Gasteiger partial charge in [-0.2, -0.15) is 4.31 Å². The zero-order valence-corrected chi connectivity index (χ0v) is 20.2. The van der Waals surface area contributed by atoms with E-state index in [0.717, 1.165) is 0 Å². The lowest BCUT2D eigenvalue weighted by Crippen LogP contribution is -2.43. The number of rotatable bonds is 10. The number of carboxylic acid groups (broad SMARTS) is 2. The summed E-state index contributed by atoms with van der Waals surface area (Å²) in [6.45, 7) is 3.58. The molecule has 2 unspecified atom stereocenters. The van der Waals surface area contributed by atoms with Gasteiger partial charge in [0.15, 0.2) is 12.2 Å². The Hall–Kier alpha value is -1.70. The van der Waals surface area contributed by atoms with Crippen LogP contribution in [0.25, 0.3) is 0 Å². The van der Waals surface area contributed by atoms with Crippen LogP contribution >= 0.6 is 11.3 Å². The molecule has 0 saturated heterocycles. The molecule has 7 N–H and O–H groups in total. The summed E-state index contributed by atoms with van der Waals surface area (Å²) in [7, 11) is -6.10. The molecule has 1 aliphatic rings. The van der Waals surface area contributed by atoms with E-state index in [1.165, 1.54) is 10.4 Å². The van der Waals surface area contributed by atoms with Crippen molar-refractivity contribution in [1.29, 1.82) is 0 Å². The topological polar surface area (TPSA) is 234 Å². The number of nitrogens with zero attached hydrogens (tertiary/aromatic N) is 1. The first kappa shape index (κ1) is 29.3. The van der Waals surface area contributed by atoms with Gasteiger partial charge in [0.1, 0.15) is 8.42 Å². The molecule has 0 saturated carbocycles. The van der Waals surface area contributed by atoms with Crippen molar-refractivity contribution in [3.8, 4) is 0 Å². The van der Waals surface area contributed by atoms with E-state index in [9.17, 15) is 26.4 Å². The van der Waals surface area contributed by atoms with Crippen LogP contribution in [0.2, 0.25) is 0 Å². The van der Waals surface area contributed by atoms with Crippen LogP contribution in [-0.4, -0.2) is 99.1 Å². The number of hydrogen-bond acceptors (Lipinski definition) is 11. The fourth-order valence-electron chi connectivity index (χ4n) is 2.76. The van der Waals surface area contributed by atoms with Crippen LogP contribution in [0.4, 0.5) is 0 Å². The highest BCUT2D eigenvalue weighted by atomic mass is 32.3. The summed E-state index contributed by atoms with van der Waals surface area (Å²) in [5.41, 5.74) is 0.476. The Balaban J connectivity index is 0.000000461. The van der Waals surface area contributed by atoms with Crippen LogP contribution in [0.3, 0.4) is 0 Å². The minimum atomic E-state index is -3.94. The monoisotopic (exact) mass is 533 g/mol. The maximum atomic E-state index is 12.7. The van der Waals surface area contributed by atoms with E-state index in [0.29, 0.717) is 43.0 Å². The molecule has 14 nitrogen and oxygen atoms in total. The number of hydrogen-bond donors (Lipinski definition) is 6. The summed E-state index contributed by atoms with van der Waals surface area (Å²) in [6.07, 6.45) is -3.97. The summed E-state index contributed by atoms with van der Waals surface area (Å²) >= 11 is 0.708. The third-order valence-electron chi connectivity index (χ3n) is 4.33. The molecule has 0 spiro atoms. The average molecular weight is 534 g/mol. The van der Waals surface area contributed by atoms with Gasteiger partial charge in [-0.15, -0.1) is 11.3 Å². The maximum absolute atomic E-state index is 12.7. The Morgan fingerprint density at radius 1 is 1.30 bits per heavy atom. The van der Waals surface area contributed by atoms with Crippen molar-refractivity contribution in [2.45, 2.75) is 40.0 Å². The normalized spacial score (nSPS) is 19.6. The number of primary sulfonamides is 1. The first-order chi connectivity index (χ1) is 15.2. The number of thiophene rings is 1. The highest BCUT2D eigenvalue weighted by molar-refractivity contribution is 7.94. The second-order valence-corrected chi connectivity index (χ2v) is 11.7. The van der Waals surface area contributed by atoms with Gasteiger partial charge in [0.25, 0.3) is 10.0 Å². The minimum Gasteiger partial charge on any atom is -0.479 e. The number of carbonyl (C=O) groups is 2. The third-order valence-corrected chi connectivity index (χ3v) is 9.29. The predicted octanol–water partition coefficient (Wildman–Crippen LogP) is -2.04. The van der Waals surface area contributed by atoms with Crippen molar-refractivity contribution >= 4 is 43.3 Å². The van der Waals surface area contributed by atoms with E-state index in [-0.39, 0.29) is 21.0 Å². The third kappa shape index (κ3) is 7.66. The Kier molecular flexibility index (Phi) is 10.8. The Bertz CT molecular complexity index is 1020. The highest BCUT2D eigenvalue weighted by Gasteiger charge is 2.39. The SMILES string of the molecule is CCN[C@H]1CN(CCCOC)S(=O)(=O)c2sc(S(N)(=O)=O)cc21.O=C(O)C(O)C(O)C(=O)O. The molecule has 3 atom stereocenters. The molecule has 0 bridgehead atoms. The number of nitrogens with one attached hydrogen (secondary N) is 1. The lowest BCUT2D eigenvalue weighted by atomic mass is 10.1. The van der Waals surface area contributed by atoms with Gasteiger partial charge in [0.2, 0.25) is 10.0 Å². The van der Waals surface area contributed by atoms with Gasteiger partial charge in [0, 0.05) is 38.4 Å². The van der Waals surface area contributed by atoms with Crippen molar-refractivity contribution in [1.82, 2.24) is 9.62 Å². The van der Waals surface area contributed by atoms with E-state index in [1.807, 2.05) is 6.92 Å². The van der Waals surface area contributed by atoms with Crippen LogP contribution < -0.4 is 10.5 Å². The zero-order chi connectivity index (χ0) is 25.6. The Morgan fingerprint density at radius 2 is 1.85 bits per heavy atom. The number of fused-ring (bicyclic) bond motifs is 1. The summed E-state index contributed by atoms with van der Waals surface area (Å²) < 4.78 is 54.8. The van der Waals surface area contributed by atoms with Crippen molar-refractivity contribution < 1.29 is 51.6 Å². The van der Waals surface area contributed by atoms with Gasteiger partial charge >= 0.3 is 11.9 Å². The van der Waals surface area contributed by atoms with Crippen molar-refractivity contribution in [2.75, 3.05) is 33.4 Å². The van der Waals surface area contributed by atoms with Gasteiger partial charge in [0.05, 0.1) is 0 Å². The maximum Gasteiger partial charge on any atom is 0.335 e. The molecule has 0 amide bonds. The van der Waals surface area contributed by atoms with E-state index >= 15 is 0 Å². The zero-order valence-electron chi connectivity index (χ0n) is 17.7. The van der Waals surface area contributed by atoms with Crippen molar-refractivity contribution in [3.63, 3.8) is 0 Å². The number of nitrogens with two attached hydrogens (primary N) is 1. The molecule has 190 valence electrons. The van der Waals surface area contributed by atoms with Gasteiger partial charge in [-0.25, -0.2) is 31.6 Å². The lowest BCUT2D eigenvalue weighted by Gasteiger charge is -2.32. The van der Waals surface area contributed by atoms with Crippen molar-refractivity contribution in [3.05, 3.63) is 11.6 Å². The molecule has 1 aliphatic heterocycles. The molecule has 1 aromatic heterocycles. The fraction of sp³-hybridized carbons (Fsp3) is 0.625. The molecule has 1 aromatic rings. The summed E-state index contributed by atoms with van der Waals surface area (Å²) in [5.74, 6) is -3.54. The van der Waals surface area contributed by atoms with Crippen molar-refractivity contribution in [2.24, 2.45) is 5.14 Å². The number of aliphatic hydroxyl groups excluding tert-OH is 2. The van der Waals surface area contributed by atoms with Gasteiger partial charge in [-0.1, -0.05) is 6.92 Å². The number of methoxy groups -OCH3 is 1. The van der Waals surface area contributed by atoms with Crippen LogP contribution in [0.1, 0.15) is 24.9 Å². The minimum absolute atomic E-state index is 0.0520. The summed E-state index contributed by atoms with van der Waals surface area (Å²) in [6, 6.07) is 1.11. The average Bonchev–Trinajstić information content (AvgIpc) is 3.18. The summed E-state index contributed by atoms with van der Waals surface area (Å²) in [5, 5.41) is 40.9. The Morgan fingerprint density at radius 3 is 2.27 bits per heavy atom. The molecule has 33 heavy (non-hydrogen) atoms.